The van der Waals surface area contributed by atoms with Crippen molar-refractivity contribution >= 4 is 41.0 Å². The van der Waals surface area contributed by atoms with Gasteiger partial charge in [-0.1, -0.05) is 23.7 Å². The molecule has 1 atom stereocenters. The van der Waals surface area contributed by atoms with Crippen molar-refractivity contribution in [3.05, 3.63) is 53.1 Å². The normalized spacial score (nSPS) is 15.4. The van der Waals surface area contributed by atoms with Gasteiger partial charge in [0.1, 0.15) is 5.75 Å². The Hall–Kier alpha value is -4.06. The molecule has 1 aromatic heterocycles. The van der Waals surface area contributed by atoms with E-state index in [4.69, 9.17) is 38.3 Å². The number of anilines is 2. The molecule has 2 aromatic rings. The van der Waals surface area contributed by atoms with Crippen LogP contribution in [0.4, 0.5) is 11.6 Å². The molecule has 13 heteroatoms. The Morgan fingerprint density at radius 3 is 2.64 bits per heavy atom. The molecule has 1 aromatic carbocycles. The Morgan fingerprint density at radius 2 is 1.94 bits per heavy atom. The number of carbonyl (C=O) groups excluding carboxylic acids is 2. The Labute approximate surface area is 213 Å². The van der Waals surface area contributed by atoms with Crippen LogP contribution in [0.2, 0.25) is 5.15 Å². The molecule has 0 spiro atoms. The highest BCUT2D eigenvalue weighted by Crippen LogP contribution is 2.18. The molecule has 0 aliphatic carbocycles. The number of halogens is 1. The van der Waals surface area contributed by atoms with E-state index < -0.39 is 12.0 Å². The predicted octanol–water partition coefficient (Wildman–Crippen LogP) is 1.51. The van der Waals surface area contributed by atoms with Gasteiger partial charge < -0.3 is 26.7 Å². The van der Waals surface area contributed by atoms with Gasteiger partial charge in [0.15, 0.2) is 40.4 Å². The summed E-state index contributed by atoms with van der Waals surface area (Å²) in [5.41, 5.74) is 17.9. The average molecular weight is 517 g/mol. The number of carbonyl (C=O) groups is 2. The highest BCUT2D eigenvalue weighted by atomic mass is 35.5. The third-order valence-corrected chi connectivity index (χ3v) is 5.44. The molecule has 0 bridgehead atoms. The number of rotatable bonds is 11. The molecule has 0 saturated carbocycles. The molecule has 1 saturated heterocycles. The molecule has 36 heavy (non-hydrogen) atoms. The van der Waals surface area contributed by atoms with Gasteiger partial charge in [0.25, 0.3) is 11.8 Å². The number of aromatic nitrogens is 2. The van der Waals surface area contributed by atoms with Gasteiger partial charge in [-0.2, -0.15) is 0 Å². The minimum Gasteiger partial charge on any atom is -0.494 e. The second kappa shape index (κ2) is 12.6. The van der Waals surface area contributed by atoms with Crippen molar-refractivity contribution in [3.63, 3.8) is 0 Å². The Kier molecular flexibility index (Phi) is 9.28. The van der Waals surface area contributed by atoms with Gasteiger partial charge in [0.2, 0.25) is 0 Å². The molecule has 1 aliphatic heterocycles. The van der Waals surface area contributed by atoms with E-state index in [1.54, 1.807) is 0 Å². The number of hydrogen-bond donors (Lipinski definition) is 5. The number of aliphatic imine (C=N–C) groups is 1. The summed E-state index contributed by atoms with van der Waals surface area (Å²) in [7, 11) is 0. The van der Waals surface area contributed by atoms with Crippen LogP contribution in [-0.2, 0) is 16.0 Å². The number of guanidine groups is 1. The SMILES string of the molecule is C=C1NC(=O)C(CCCOc2ccc(CCCCN=C(N)NC(=O)c3nc(Cl)c(N)nc3N)cc2)O1. The number of nitrogens with two attached hydrogens (primary N) is 3. The lowest BCUT2D eigenvalue weighted by Gasteiger charge is -2.09. The fourth-order valence-corrected chi connectivity index (χ4v) is 3.46. The maximum Gasteiger partial charge on any atom is 0.280 e. The zero-order chi connectivity index (χ0) is 26.1. The minimum absolute atomic E-state index is 0.0549. The fourth-order valence-electron chi connectivity index (χ4n) is 3.34. The molecule has 3 rings (SSSR count). The van der Waals surface area contributed by atoms with Crippen LogP contribution in [0.1, 0.15) is 41.7 Å². The summed E-state index contributed by atoms with van der Waals surface area (Å²) in [6, 6.07) is 7.85. The number of hydrogen-bond acceptors (Lipinski definition) is 9. The number of nitrogens with zero attached hydrogens (tertiary/aromatic N) is 3. The molecule has 0 radical (unpaired) electrons. The van der Waals surface area contributed by atoms with Crippen LogP contribution >= 0.6 is 11.6 Å². The fraction of sp³-hybridized carbons (Fsp3) is 0.348. The van der Waals surface area contributed by atoms with E-state index >= 15 is 0 Å². The summed E-state index contributed by atoms with van der Waals surface area (Å²) in [6.45, 7) is 4.50. The van der Waals surface area contributed by atoms with E-state index in [-0.39, 0.29) is 34.3 Å². The van der Waals surface area contributed by atoms with E-state index in [1.807, 2.05) is 24.3 Å². The van der Waals surface area contributed by atoms with E-state index in [9.17, 15) is 9.59 Å². The summed E-state index contributed by atoms with van der Waals surface area (Å²) in [4.78, 5) is 35.5. The smallest absolute Gasteiger partial charge is 0.280 e. The Morgan fingerprint density at radius 1 is 1.19 bits per heavy atom. The molecule has 192 valence electrons. The summed E-state index contributed by atoms with van der Waals surface area (Å²) >= 11 is 5.78. The molecule has 8 N–H and O–H groups in total. The average Bonchev–Trinajstić information content (AvgIpc) is 3.16. The van der Waals surface area contributed by atoms with E-state index in [0.717, 1.165) is 30.6 Å². The summed E-state index contributed by atoms with van der Waals surface area (Å²) in [6.07, 6.45) is 3.27. The van der Waals surface area contributed by atoms with E-state index in [2.05, 4.69) is 32.2 Å². The molecule has 2 heterocycles. The van der Waals surface area contributed by atoms with Crippen molar-refractivity contribution in [1.82, 2.24) is 20.6 Å². The topological polar surface area (TPSA) is 193 Å². The number of unbranched alkanes of at least 4 members (excludes halogenated alkanes) is 1. The second-order valence-electron chi connectivity index (χ2n) is 7.97. The maximum atomic E-state index is 12.2. The molecular weight excluding hydrogens is 488 g/mol. The molecule has 1 unspecified atom stereocenters. The zero-order valence-electron chi connectivity index (χ0n) is 19.6. The number of amides is 2. The zero-order valence-corrected chi connectivity index (χ0v) is 20.4. The largest absolute Gasteiger partial charge is 0.494 e. The third kappa shape index (κ3) is 7.73. The van der Waals surface area contributed by atoms with Gasteiger partial charge in [-0.25, -0.2) is 9.97 Å². The molecular formula is C23H29ClN8O4. The van der Waals surface area contributed by atoms with Crippen molar-refractivity contribution in [2.45, 2.75) is 38.2 Å². The van der Waals surface area contributed by atoms with Gasteiger partial charge in [-0.3, -0.25) is 25.2 Å². The first kappa shape index (κ1) is 26.5. The van der Waals surface area contributed by atoms with Crippen molar-refractivity contribution in [1.29, 1.82) is 0 Å². The van der Waals surface area contributed by atoms with Gasteiger partial charge >= 0.3 is 0 Å². The first-order valence-electron chi connectivity index (χ1n) is 11.3. The van der Waals surface area contributed by atoms with Gasteiger partial charge in [0.05, 0.1) is 6.61 Å². The van der Waals surface area contributed by atoms with E-state index in [1.165, 1.54) is 0 Å². The highest BCUT2D eigenvalue weighted by molar-refractivity contribution is 6.31. The van der Waals surface area contributed by atoms with Gasteiger partial charge in [0, 0.05) is 6.54 Å². The molecule has 12 nitrogen and oxygen atoms in total. The number of nitrogens with one attached hydrogen (secondary N) is 2. The van der Waals surface area contributed by atoms with Crippen LogP contribution < -0.4 is 32.6 Å². The lowest BCUT2D eigenvalue weighted by molar-refractivity contribution is -0.123. The highest BCUT2D eigenvalue weighted by Gasteiger charge is 2.27. The van der Waals surface area contributed by atoms with Gasteiger partial charge in [-0.15, -0.1) is 0 Å². The summed E-state index contributed by atoms with van der Waals surface area (Å²) in [5, 5.41) is 4.82. The Bertz CT molecular complexity index is 1140. The van der Waals surface area contributed by atoms with Crippen molar-refractivity contribution < 1.29 is 19.1 Å². The van der Waals surface area contributed by atoms with Crippen molar-refractivity contribution in [3.8, 4) is 5.75 Å². The third-order valence-electron chi connectivity index (χ3n) is 5.16. The van der Waals surface area contributed by atoms with Crippen LogP contribution in [0, 0.1) is 0 Å². The van der Waals surface area contributed by atoms with Gasteiger partial charge in [-0.05, 0) is 56.4 Å². The minimum atomic E-state index is -0.672. The monoisotopic (exact) mass is 516 g/mol. The van der Waals surface area contributed by atoms with Crippen LogP contribution in [0.5, 0.6) is 5.75 Å². The van der Waals surface area contributed by atoms with Crippen LogP contribution in [-0.4, -0.2) is 47.0 Å². The molecule has 1 fully saturated rings. The number of ether oxygens (including phenoxy) is 2. The summed E-state index contributed by atoms with van der Waals surface area (Å²) < 4.78 is 11.0. The van der Waals surface area contributed by atoms with Crippen LogP contribution in [0.3, 0.4) is 0 Å². The van der Waals surface area contributed by atoms with E-state index in [0.29, 0.717) is 31.9 Å². The van der Waals surface area contributed by atoms with Crippen molar-refractivity contribution in [2.24, 2.45) is 10.7 Å². The molecule has 1 aliphatic rings. The number of aryl methyl sites for hydroxylation is 1. The van der Waals surface area contributed by atoms with Crippen LogP contribution in [0.15, 0.2) is 41.7 Å². The number of nitrogen functional groups attached to an aromatic ring is 2. The second-order valence-corrected chi connectivity index (χ2v) is 8.32. The quantitative estimate of drug-likeness (QED) is 0.167. The van der Waals surface area contributed by atoms with Crippen LogP contribution in [0.25, 0.3) is 0 Å². The molecule has 2 amide bonds. The first-order valence-corrected chi connectivity index (χ1v) is 11.7. The van der Waals surface area contributed by atoms with Crippen molar-refractivity contribution in [2.75, 3.05) is 24.6 Å². The summed E-state index contributed by atoms with van der Waals surface area (Å²) in [5.74, 6) is -0.0488. The first-order chi connectivity index (χ1) is 17.2. The Balaban J connectivity index is 1.31. The maximum absolute atomic E-state index is 12.2. The number of benzene rings is 1. The lowest BCUT2D eigenvalue weighted by Crippen LogP contribution is -2.38. The lowest BCUT2D eigenvalue weighted by atomic mass is 10.1. The predicted molar refractivity (Wildman–Crippen MR) is 136 cm³/mol. The standard InChI is InChI=1S/C23H29ClN8O4/c1-13-29-21(33)16(36-13)6-4-12-35-15-9-7-14(8-10-15)5-2-3-11-28-23(27)32-22(34)17-19(25)31-20(26)18(24)30-17/h7-10,16H,1-6,11-12H2,(H,29,33)(H4,25,26,31)(H3,27,28,32,34).